The number of hydrogen-bond acceptors (Lipinski definition) is 5. The molecule has 5 nitrogen and oxygen atoms in total. The number of nitrogens with zero attached hydrogens (tertiary/aromatic N) is 2. The molecule has 1 unspecified atom stereocenters. The zero-order valence-corrected chi connectivity index (χ0v) is 20.5. The number of allylic oxidation sites excluding steroid dienone is 4. The third-order valence-electron chi connectivity index (χ3n) is 6.53. The van der Waals surface area contributed by atoms with Crippen molar-refractivity contribution in [2.24, 2.45) is 0 Å². The molecule has 0 N–H and O–H groups in total. The zero-order chi connectivity index (χ0) is 24.8. The lowest BCUT2D eigenvalue weighted by Crippen LogP contribution is -2.47. The van der Waals surface area contributed by atoms with Crippen LogP contribution in [0, 0.1) is 5.82 Å². The summed E-state index contributed by atoms with van der Waals surface area (Å²) in [5.74, 6) is 1.48. The molecule has 1 saturated heterocycles. The normalized spacial score (nSPS) is 17.9. The molecule has 1 aliphatic heterocycles. The first-order valence-corrected chi connectivity index (χ1v) is 11.8. The Labute approximate surface area is 205 Å². The van der Waals surface area contributed by atoms with E-state index in [9.17, 15) is 8.78 Å². The number of benzene rings is 2. The van der Waals surface area contributed by atoms with Gasteiger partial charge in [0.2, 0.25) is 5.75 Å². The third-order valence-corrected chi connectivity index (χ3v) is 6.53. The van der Waals surface area contributed by atoms with Crippen LogP contribution < -0.4 is 14.2 Å². The Bertz CT molecular complexity index is 1100. The summed E-state index contributed by atoms with van der Waals surface area (Å²) < 4.78 is 44.1. The van der Waals surface area contributed by atoms with Gasteiger partial charge in [0.1, 0.15) is 11.6 Å². The van der Waals surface area contributed by atoms with Crippen molar-refractivity contribution in [2.45, 2.75) is 19.0 Å². The molecule has 0 radical (unpaired) electrons. The first-order valence-electron chi connectivity index (χ1n) is 11.8. The fourth-order valence-corrected chi connectivity index (χ4v) is 4.77. The van der Waals surface area contributed by atoms with Crippen molar-refractivity contribution in [3.05, 3.63) is 89.0 Å². The molecule has 1 heterocycles. The number of rotatable bonds is 8. The first kappa shape index (κ1) is 24.9. The topological polar surface area (TPSA) is 34.2 Å². The predicted molar refractivity (Wildman–Crippen MR) is 133 cm³/mol. The zero-order valence-electron chi connectivity index (χ0n) is 20.5. The van der Waals surface area contributed by atoms with Crippen LogP contribution in [-0.2, 0) is 6.54 Å². The van der Waals surface area contributed by atoms with E-state index in [1.165, 1.54) is 18.2 Å². The van der Waals surface area contributed by atoms with Crippen LogP contribution in [0.3, 0.4) is 0 Å². The SMILES string of the molecule is COc1ccc(CN2CCN(C(C3=CC=C(F)CC=C3)c3ccc(F)cc3)CC2)c(OC)c1OC. The largest absolute Gasteiger partial charge is 0.493 e. The predicted octanol–water partition coefficient (Wildman–Crippen LogP) is 5.45. The summed E-state index contributed by atoms with van der Waals surface area (Å²) in [7, 11) is 4.85. The minimum atomic E-state index is -0.266. The fourth-order valence-electron chi connectivity index (χ4n) is 4.77. The number of hydrogen-bond donors (Lipinski definition) is 0. The molecule has 0 aromatic heterocycles. The molecule has 0 spiro atoms. The summed E-state index contributed by atoms with van der Waals surface area (Å²) in [5.41, 5.74) is 3.02. The van der Waals surface area contributed by atoms with Crippen LogP contribution in [0.15, 0.2) is 72.1 Å². The van der Waals surface area contributed by atoms with Crippen LogP contribution in [0.5, 0.6) is 17.2 Å². The Morgan fingerprint density at radius 2 is 1.54 bits per heavy atom. The summed E-state index contributed by atoms with van der Waals surface area (Å²) in [6, 6.07) is 10.4. The molecule has 2 aliphatic rings. The van der Waals surface area contributed by atoms with Crippen molar-refractivity contribution >= 4 is 0 Å². The number of ether oxygens (including phenoxy) is 3. The number of methoxy groups -OCH3 is 3. The summed E-state index contributed by atoms with van der Waals surface area (Å²) in [6.45, 7) is 4.03. The van der Waals surface area contributed by atoms with Crippen LogP contribution in [0.4, 0.5) is 8.78 Å². The lowest BCUT2D eigenvalue weighted by molar-refractivity contribution is 0.104. The van der Waals surface area contributed by atoms with E-state index in [1.54, 1.807) is 21.3 Å². The van der Waals surface area contributed by atoms with Gasteiger partial charge in [0.25, 0.3) is 0 Å². The van der Waals surface area contributed by atoms with Gasteiger partial charge in [0, 0.05) is 44.7 Å². The minimum absolute atomic E-state index is 0.0771. The average Bonchev–Trinajstić information content (AvgIpc) is 3.10. The molecule has 4 rings (SSSR count). The van der Waals surface area contributed by atoms with E-state index < -0.39 is 0 Å². The number of piperazine rings is 1. The molecule has 0 saturated carbocycles. The molecular formula is C28H32F2N2O3. The van der Waals surface area contributed by atoms with Crippen LogP contribution in [0.1, 0.15) is 23.6 Å². The Morgan fingerprint density at radius 3 is 2.20 bits per heavy atom. The highest BCUT2D eigenvalue weighted by molar-refractivity contribution is 5.55. The van der Waals surface area contributed by atoms with Crippen molar-refractivity contribution in [1.29, 1.82) is 0 Å². The maximum atomic E-state index is 13.9. The van der Waals surface area contributed by atoms with Crippen molar-refractivity contribution in [1.82, 2.24) is 9.80 Å². The van der Waals surface area contributed by atoms with Crippen LogP contribution >= 0.6 is 0 Å². The molecule has 186 valence electrons. The lowest BCUT2D eigenvalue weighted by atomic mass is 9.95. The van der Waals surface area contributed by atoms with E-state index in [2.05, 4.69) is 9.80 Å². The van der Waals surface area contributed by atoms with Crippen LogP contribution in [-0.4, -0.2) is 57.3 Å². The second kappa shape index (κ2) is 11.5. The molecule has 1 fully saturated rings. The van der Waals surface area contributed by atoms with Crippen LogP contribution in [0.2, 0.25) is 0 Å². The van der Waals surface area contributed by atoms with Gasteiger partial charge in [-0.05, 0) is 35.4 Å². The van der Waals surface area contributed by atoms with Gasteiger partial charge >= 0.3 is 0 Å². The van der Waals surface area contributed by atoms with E-state index >= 15 is 0 Å². The van der Waals surface area contributed by atoms with Gasteiger partial charge in [-0.1, -0.05) is 36.4 Å². The number of halogens is 2. The standard InChI is InChI=1S/C28H32F2N2O3/c1-33-25-14-10-22(27(34-2)28(25)35-3)19-31-15-17-32(18-16-31)26(21-8-12-24(30)13-9-21)20-5-4-6-23(29)11-7-20/h4-5,7-14,26H,6,15-19H2,1-3H3. The molecular weight excluding hydrogens is 450 g/mol. The summed E-state index contributed by atoms with van der Waals surface area (Å²) >= 11 is 0. The van der Waals surface area contributed by atoms with E-state index in [1.807, 2.05) is 42.5 Å². The third kappa shape index (κ3) is 5.74. The quantitative estimate of drug-likeness (QED) is 0.500. The second-order valence-electron chi connectivity index (χ2n) is 8.65. The van der Waals surface area contributed by atoms with Crippen molar-refractivity contribution in [3.8, 4) is 17.2 Å². The Hall–Kier alpha value is -3.16. The molecule has 7 heteroatoms. The van der Waals surface area contributed by atoms with Gasteiger partial charge in [0.15, 0.2) is 11.5 Å². The van der Waals surface area contributed by atoms with Crippen LogP contribution in [0.25, 0.3) is 0 Å². The molecule has 2 aromatic rings. The summed E-state index contributed by atoms with van der Waals surface area (Å²) in [5, 5.41) is 0. The molecule has 1 atom stereocenters. The molecule has 1 aliphatic carbocycles. The van der Waals surface area contributed by atoms with Gasteiger partial charge in [-0.3, -0.25) is 9.80 Å². The molecule has 2 aromatic carbocycles. The molecule has 0 bridgehead atoms. The highest BCUT2D eigenvalue weighted by Gasteiger charge is 2.28. The maximum absolute atomic E-state index is 13.9. The molecule has 35 heavy (non-hydrogen) atoms. The van der Waals surface area contributed by atoms with E-state index in [4.69, 9.17) is 14.2 Å². The van der Waals surface area contributed by atoms with Gasteiger partial charge in [0.05, 0.1) is 27.4 Å². The van der Waals surface area contributed by atoms with Crippen molar-refractivity contribution in [2.75, 3.05) is 47.5 Å². The van der Waals surface area contributed by atoms with E-state index in [-0.39, 0.29) is 24.1 Å². The highest BCUT2D eigenvalue weighted by atomic mass is 19.1. The summed E-state index contributed by atoms with van der Waals surface area (Å²) in [6.07, 6.45) is 7.50. The van der Waals surface area contributed by atoms with Gasteiger partial charge in [-0.15, -0.1) is 0 Å². The monoisotopic (exact) mass is 482 g/mol. The Balaban J connectivity index is 1.52. The first-order chi connectivity index (χ1) is 17.0. The van der Waals surface area contributed by atoms with Gasteiger partial charge in [-0.2, -0.15) is 0 Å². The smallest absolute Gasteiger partial charge is 0.203 e. The fraction of sp³-hybridized carbons (Fsp3) is 0.357. The maximum Gasteiger partial charge on any atom is 0.203 e. The summed E-state index contributed by atoms with van der Waals surface area (Å²) in [4.78, 5) is 4.75. The average molecular weight is 483 g/mol. The highest BCUT2D eigenvalue weighted by Crippen LogP contribution is 2.40. The van der Waals surface area contributed by atoms with Gasteiger partial charge in [-0.25, -0.2) is 8.78 Å². The lowest BCUT2D eigenvalue weighted by Gasteiger charge is -2.40. The van der Waals surface area contributed by atoms with E-state index in [0.29, 0.717) is 17.2 Å². The van der Waals surface area contributed by atoms with Gasteiger partial charge < -0.3 is 14.2 Å². The Morgan fingerprint density at radius 1 is 0.829 bits per heavy atom. The second-order valence-corrected chi connectivity index (χ2v) is 8.65. The van der Waals surface area contributed by atoms with Crippen molar-refractivity contribution in [3.63, 3.8) is 0 Å². The Kier molecular flexibility index (Phi) is 8.21. The van der Waals surface area contributed by atoms with E-state index in [0.717, 1.165) is 49.4 Å². The molecule has 0 amide bonds. The van der Waals surface area contributed by atoms with Crippen molar-refractivity contribution < 1.29 is 23.0 Å². The minimum Gasteiger partial charge on any atom is -0.493 e.